The van der Waals surface area contributed by atoms with Gasteiger partial charge in [-0.15, -0.1) is 11.8 Å². The van der Waals surface area contributed by atoms with Crippen molar-refractivity contribution in [1.29, 1.82) is 0 Å². The molecule has 2 nitrogen and oxygen atoms in total. The van der Waals surface area contributed by atoms with Crippen LogP contribution in [0, 0.1) is 0 Å². The van der Waals surface area contributed by atoms with Crippen molar-refractivity contribution >= 4 is 35.3 Å². The zero-order chi connectivity index (χ0) is 12.8. The van der Waals surface area contributed by atoms with Gasteiger partial charge in [-0.1, -0.05) is 23.7 Å². The van der Waals surface area contributed by atoms with Gasteiger partial charge >= 0.3 is 0 Å². The van der Waals surface area contributed by atoms with Crippen LogP contribution >= 0.6 is 23.4 Å². The summed E-state index contributed by atoms with van der Waals surface area (Å²) in [6, 6.07) is 15.7. The predicted molar refractivity (Wildman–Crippen MR) is 80.9 cm³/mol. The highest BCUT2D eigenvalue weighted by atomic mass is 35.5. The minimum Gasteiger partial charge on any atom is -0.279 e. The highest BCUT2D eigenvalue weighted by molar-refractivity contribution is 7.98. The molecule has 0 amide bonds. The van der Waals surface area contributed by atoms with E-state index in [1.54, 1.807) is 18.0 Å². The van der Waals surface area contributed by atoms with E-state index >= 15 is 0 Å². The fourth-order valence-electron chi connectivity index (χ4n) is 1.40. The van der Waals surface area contributed by atoms with Crippen molar-refractivity contribution in [2.24, 2.45) is 5.10 Å². The molecule has 0 saturated heterocycles. The molecule has 4 heteroatoms. The molecule has 0 saturated carbocycles. The standard InChI is InChI=1S/C14H13ClN2S/c1-18-14-8-2-11(3-9-14)10-16-17-13-6-4-12(15)5-7-13/h2-10,17H,1H3/b16-10+. The SMILES string of the molecule is CSc1ccc(/C=N/Nc2ccc(Cl)cc2)cc1. The van der Waals surface area contributed by atoms with Crippen LogP contribution in [0.25, 0.3) is 0 Å². The van der Waals surface area contributed by atoms with Gasteiger partial charge in [0.1, 0.15) is 0 Å². The second-order valence-corrected chi connectivity index (χ2v) is 4.97. The highest BCUT2D eigenvalue weighted by Gasteiger charge is 1.91. The van der Waals surface area contributed by atoms with Crippen LogP contribution in [0.2, 0.25) is 5.02 Å². The summed E-state index contributed by atoms with van der Waals surface area (Å²) in [5.41, 5.74) is 4.93. The second kappa shape index (κ2) is 6.47. The van der Waals surface area contributed by atoms with E-state index < -0.39 is 0 Å². The lowest BCUT2D eigenvalue weighted by molar-refractivity contribution is 1.35. The molecule has 0 atom stereocenters. The fourth-order valence-corrected chi connectivity index (χ4v) is 1.93. The molecule has 0 radical (unpaired) electrons. The van der Waals surface area contributed by atoms with Crippen molar-refractivity contribution in [1.82, 2.24) is 0 Å². The zero-order valence-electron chi connectivity index (χ0n) is 9.93. The number of nitrogens with zero attached hydrogens (tertiary/aromatic N) is 1. The number of hydrogen-bond acceptors (Lipinski definition) is 3. The van der Waals surface area contributed by atoms with E-state index in [4.69, 9.17) is 11.6 Å². The third-order valence-electron chi connectivity index (χ3n) is 2.37. The number of anilines is 1. The van der Waals surface area contributed by atoms with Crippen LogP contribution in [0.4, 0.5) is 5.69 Å². The Balaban J connectivity index is 1.96. The normalized spacial score (nSPS) is 10.8. The number of nitrogens with one attached hydrogen (secondary N) is 1. The van der Waals surface area contributed by atoms with E-state index in [0.29, 0.717) is 0 Å². The molecular formula is C14H13ClN2S. The maximum Gasteiger partial charge on any atom is 0.0562 e. The van der Waals surface area contributed by atoms with Crippen LogP contribution in [0.1, 0.15) is 5.56 Å². The van der Waals surface area contributed by atoms with Gasteiger partial charge in [-0.3, -0.25) is 5.43 Å². The third kappa shape index (κ3) is 3.79. The Labute approximate surface area is 116 Å². The first kappa shape index (κ1) is 13.0. The maximum atomic E-state index is 5.80. The van der Waals surface area contributed by atoms with E-state index in [9.17, 15) is 0 Å². The summed E-state index contributed by atoms with van der Waals surface area (Å²) in [6.07, 6.45) is 3.85. The molecule has 2 aromatic carbocycles. The molecule has 2 aromatic rings. The summed E-state index contributed by atoms with van der Waals surface area (Å²) >= 11 is 7.53. The predicted octanol–water partition coefficient (Wildman–Crippen LogP) is 4.51. The molecule has 0 aliphatic heterocycles. The molecule has 2 rings (SSSR count). The molecule has 1 N–H and O–H groups in total. The van der Waals surface area contributed by atoms with E-state index in [1.165, 1.54) is 4.90 Å². The minimum absolute atomic E-state index is 0.720. The molecular weight excluding hydrogens is 264 g/mol. The van der Waals surface area contributed by atoms with Gasteiger partial charge in [0.15, 0.2) is 0 Å². The van der Waals surface area contributed by atoms with E-state index in [2.05, 4.69) is 28.9 Å². The molecule has 0 bridgehead atoms. The monoisotopic (exact) mass is 276 g/mol. The molecule has 92 valence electrons. The van der Waals surface area contributed by atoms with Crippen molar-refractivity contribution in [3.8, 4) is 0 Å². The number of halogens is 1. The van der Waals surface area contributed by atoms with Crippen molar-refractivity contribution in [3.63, 3.8) is 0 Å². The maximum absolute atomic E-state index is 5.80. The third-order valence-corrected chi connectivity index (χ3v) is 3.36. The van der Waals surface area contributed by atoms with Crippen LogP contribution in [0.15, 0.2) is 58.5 Å². The molecule has 0 aliphatic rings. The van der Waals surface area contributed by atoms with E-state index in [0.717, 1.165) is 16.3 Å². The summed E-state index contributed by atoms with van der Waals surface area (Å²) in [5, 5.41) is 4.89. The lowest BCUT2D eigenvalue weighted by Crippen LogP contribution is -1.90. The Morgan fingerprint density at radius 3 is 2.33 bits per heavy atom. The number of thioether (sulfide) groups is 1. The van der Waals surface area contributed by atoms with Crippen LogP contribution < -0.4 is 5.43 Å². The van der Waals surface area contributed by atoms with Crippen molar-refractivity contribution < 1.29 is 0 Å². The first-order valence-electron chi connectivity index (χ1n) is 5.46. The summed E-state index contributed by atoms with van der Waals surface area (Å²) in [6.45, 7) is 0. The van der Waals surface area contributed by atoms with E-state index in [1.807, 2.05) is 36.4 Å². The molecule has 0 fully saturated rings. The van der Waals surface area contributed by atoms with Gasteiger partial charge in [0.05, 0.1) is 11.9 Å². The highest BCUT2D eigenvalue weighted by Crippen LogP contribution is 2.15. The lowest BCUT2D eigenvalue weighted by Gasteiger charge is -2.00. The van der Waals surface area contributed by atoms with Gasteiger partial charge in [0.25, 0.3) is 0 Å². The Morgan fingerprint density at radius 2 is 1.72 bits per heavy atom. The summed E-state index contributed by atoms with van der Waals surface area (Å²) in [5.74, 6) is 0. The largest absolute Gasteiger partial charge is 0.279 e. The number of rotatable bonds is 4. The summed E-state index contributed by atoms with van der Waals surface area (Å²) in [7, 11) is 0. The Bertz CT molecular complexity index is 520. The average Bonchev–Trinajstić information content (AvgIpc) is 2.42. The quantitative estimate of drug-likeness (QED) is 0.505. The molecule has 0 spiro atoms. The molecule has 18 heavy (non-hydrogen) atoms. The van der Waals surface area contributed by atoms with Gasteiger partial charge in [-0.25, -0.2) is 0 Å². The molecule has 0 unspecified atom stereocenters. The van der Waals surface area contributed by atoms with Crippen molar-refractivity contribution in [3.05, 3.63) is 59.1 Å². The Morgan fingerprint density at radius 1 is 1.06 bits per heavy atom. The van der Waals surface area contributed by atoms with Gasteiger partial charge in [-0.2, -0.15) is 5.10 Å². The number of hydrogen-bond donors (Lipinski definition) is 1. The van der Waals surface area contributed by atoms with E-state index in [-0.39, 0.29) is 0 Å². The molecule has 0 aliphatic carbocycles. The molecule has 0 aromatic heterocycles. The fraction of sp³-hybridized carbons (Fsp3) is 0.0714. The Kier molecular flexibility index (Phi) is 4.67. The number of benzene rings is 2. The average molecular weight is 277 g/mol. The van der Waals surface area contributed by atoms with Crippen LogP contribution in [-0.2, 0) is 0 Å². The van der Waals surface area contributed by atoms with Crippen LogP contribution in [-0.4, -0.2) is 12.5 Å². The smallest absolute Gasteiger partial charge is 0.0562 e. The minimum atomic E-state index is 0.720. The summed E-state index contributed by atoms with van der Waals surface area (Å²) in [4.78, 5) is 1.25. The first-order chi connectivity index (χ1) is 8.78. The van der Waals surface area contributed by atoms with Crippen molar-refractivity contribution in [2.75, 3.05) is 11.7 Å². The van der Waals surface area contributed by atoms with Crippen LogP contribution in [0.5, 0.6) is 0 Å². The van der Waals surface area contributed by atoms with Crippen LogP contribution in [0.3, 0.4) is 0 Å². The number of hydrazone groups is 1. The van der Waals surface area contributed by atoms with Crippen molar-refractivity contribution in [2.45, 2.75) is 4.90 Å². The van der Waals surface area contributed by atoms with Gasteiger partial charge < -0.3 is 0 Å². The van der Waals surface area contributed by atoms with Gasteiger partial charge in [0.2, 0.25) is 0 Å². The first-order valence-corrected chi connectivity index (χ1v) is 7.07. The zero-order valence-corrected chi connectivity index (χ0v) is 11.5. The van der Waals surface area contributed by atoms with Gasteiger partial charge in [-0.05, 0) is 48.2 Å². The summed E-state index contributed by atoms with van der Waals surface area (Å²) < 4.78 is 0. The Hall–Kier alpha value is -1.45. The molecule has 0 heterocycles. The van der Waals surface area contributed by atoms with Gasteiger partial charge in [0, 0.05) is 9.92 Å². The second-order valence-electron chi connectivity index (χ2n) is 3.65. The lowest BCUT2D eigenvalue weighted by atomic mass is 10.2. The topological polar surface area (TPSA) is 24.4 Å².